The van der Waals surface area contributed by atoms with Crippen LogP contribution in [0.15, 0.2) is 35.3 Å². The minimum absolute atomic E-state index is 0.0608. The molecule has 7 heteroatoms. The number of nitrogens with zero attached hydrogens (tertiary/aromatic N) is 2. The third-order valence-electron chi connectivity index (χ3n) is 4.26. The van der Waals surface area contributed by atoms with E-state index in [9.17, 15) is 14.0 Å². The molecule has 1 aliphatic rings. The first-order valence-electron chi connectivity index (χ1n) is 8.26. The number of carbonyl (C=O) groups excluding carboxylic acids is 1. The Hall–Kier alpha value is -2.70. The van der Waals surface area contributed by atoms with Crippen LogP contribution < -0.4 is 10.3 Å². The van der Waals surface area contributed by atoms with Crippen molar-refractivity contribution >= 4 is 5.91 Å². The molecule has 1 N–H and O–H groups in total. The maximum atomic E-state index is 12.9. The lowest BCUT2D eigenvalue weighted by Gasteiger charge is -2.32. The highest BCUT2D eigenvalue weighted by Crippen LogP contribution is 2.20. The van der Waals surface area contributed by atoms with Gasteiger partial charge in [-0.25, -0.2) is 9.37 Å². The van der Waals surface area contributed by atoms with E-state index in [1.807, 2.05) is 0 Å². The second-order valence-electron chi connectivity index (χ2n) is 6.24. The van der Waals surface area contributed by atoms with Crippen molar-refractivity contribution in [2.45, 2.75) is 19.8 Å². The van der Waals surface area contributed by atoms with Gasteiger partial charge in [0, 0.05) is 25.2 Å². The number of halogens is 1. The molecule has 1 saturated heterocycles. The van der Waals surface area contributed by atoms with Gasteiger partial charge in [-0.1, -0.05) is 0 Å². The van der Waals surface area contributed by atoms with Crippen LogP contribution in [0.25, 0.3) is 0 Å². The summed E-state index contributed by atoms with van der Waals surface area (Å²) in [6.07, 6.45) is 3.11. The third-order valence-corrected chi connectivity index (χ3v) is 4.26. The van der Waals surface area contributed by atoms with Crippen molar-refractivity contribution in [3.63, 3.8) is 0 Å². The first kappa shape index (κ1) is 17.1. The second-order valence-corrected chi connectivity index (χ2v) is 6.24. The lowest BCUT2D eigenvalue weighted by Crippen LogP contribution is -2.43. The van der Waals surface area contributed by atoms with Crippen LogP contribution in [0.1, 0.15) is 29.0 Å². The highest BCUT2D eigenvalue weighted by Gasteiger charge is 2.26. The molecule has 1 aromatic carbocycles. The first-order chi connectivity index (χ1) is 12.0. The number of hydrogen-bond acceptors (Lipinski definition) is 4. The number of hydrogen-bond donors (Lipinski definition) is 1. The van der Waals surface area contributed by atoms with Crippen LogP contribution in [0.4, 0.5) is 4.39 Å². The van der Waals surface area contributed by atoms with E-state index >= 15 is 0 Å². The number of rotatable bonds is 4. The molecule has 1 aromatic heterocycles. The lowest BCUT2D eigenvalue weighted by molar-refractivity contribution is 0.0631. The zero-order valence-corrected chi connectivity index (χ0v) is 14.0. The van der Waals surface area contributed by atoms with Crippen molar-refractivity contribution < 1.29 is 13.9 Å². The van der Waals surface area contributed by atoms with E-state index in [-0.39, 0.29) is 23.2 Å². The van der Waals surface area contributed by atoms with E-state index in [1.54, 1.807) is 24.0 Å². The Balaban J connectivity index is 1.61. The maximum absolute atomic E-state index is 12.9. The van der Waals surface area contributed by atoms with Gasteiger partial charge in [0.05, 0.1) is 6.61 Å². The smallest absolute Gasteiger partial charge is 0.263 e. The molecule has 132 valence electrons. The zero-order valence-electron chi connectivity index (χ0n) is 14.0. The number of aryl methyl sites for hydroxylation is 1. The van der Waals surface area contributed by atoms with Gasteiger partial charge in [0.2, 0.25) is 0 Å². The van der Waals surface area contributed by atoms with Crippen molar-refractivity contribution in [3.8, 4) is 5.75 Å². The molecule has 2 aromatic rings. The standard InChI is InChI=1S/C18H20FN3O3/c1-12-20-9-16(17(23)21-12)18(24)22-8-2-3-13(10-22)11-25-15-6-4-14(19)5-7-15/h4-7,9,13H,2-3,8,10-11H2,1H3,(H,20,21,23). The number of ether oxygens (including phenoxy) is 1. The molecule has 3 rings (SSSR count). The zero-order chi connectivity index (χ0) is 17.8. The van der Waals surface area contributed by atoms with E-state index in [0.29, 0.717) is 31.3 Å². The van der Waals surface area contributed by atoms with Crippen molar-refractivity contribution in [1.29, 1.82) is 0 Å². The molecule has 0 saturated carbocycles. The Labute approximate surface area is 144 Å². The average Bonchev–Trinajstić information content (AvgIpc) is 2.61. The van der Waals surface area contributed by atoms with E-state index in [2.05, 4.69) is 9.97 Å². The number of benzene rings is 1. The Morgan fingerprint density at radius 1 is 1.40 bits per heavy atom. The van der Waals surface area contributed by atoms with E-state index < -0.39 is 5.56 Å². The van der Waals surface area contributed by atoms with Crippen molar-refractivity contribution in [2.24, 2.45) is 5.92 Å². The van der Waals surface area contributed by atoms with Crippen LogP contribution >= 0.6 is 0 Å². The van der Waals surface area contributed by atoms with Crippen molar-refractivity contribution in [2.75, 3.05) is 19.7 Å². The topological polar surface area (TPSA) is 75.3 Å². The molecule has 2 heterocycles. The monoisotopic (exact) mass is 345 g/mol. The Morgan fingerprint density at radius 3 is 2.88 bits per heavy atom. The summed E-state index contributed by atoms with van der Waals surface area (Å²) in [5, 5.41) is 0. The molecule has 0 spiro atoms. The van der Waals surface area contributed by atoms with Gasteiger partial charge in [-0.3, -0.25) is 9.59 Å². The summed E-state index contributed by atoms with van der Waals surface area (Å²) in [4.78, 5) is 32.7. The van der Waals surface area contributed by atoms with E-state index in [0.717, 1.165) is 12.8 Å². The number of aromatic nitrogens is 2. The number of likely N-dealkylation sites (tertiary alicyclic amines) is 1. The molecule has 1 amide bonds. The molecule has 0 aliphatic carbocycles. The van der Waals surface area contributed by atoms with Gasteiger partial charge in [0.1, 0.15) is 23.0 Å². The maximum Gasteiger partial charge on any atom is 0.263 e. The molecule has 1 fully saturated rings. The van der Waals surface area contributed by atoms with Gasteiger partial charge >= 0.3 is 0 Å². The molecule has 6 nitrogen and oxygen atoms in total. The Bertz CT molecular complexity index is 804. The summed E-state index contributed by atoms with van der Waals surface area (Å²) < 4.78 is 18.6. The summed E-state index contributed by atoms with van der Waals surface area (Å²) >= 11 is 0. The first-order valence-corrected chi connectivity index (χ1v) is 8.26. The normalized spacial score (nSPS) is 17.4. The molecule has 25 heavy (non-hydrogen) atoms. The fourth-order valence-corrected chi connectivity index (χ4v) is 2.94. The summed E-state index contributed by atoms with van der Waals surface area (Å²) in [5.74, 6) is 0.633. The molecule has 1 aliphatic heterocycles. The lowest BCUT2D eigenvalue weighted by atomic mass is 9.98. The van der Waals surface area contributed by atoms with Crippen LogP contribution in [-0.4, -0.2) is 40.5 Å². The van der Waals surface area contributed by atoms with Gasteiger partial charge in [-0.15, -0.1) is 0 Å². The van der Waals surface area contributed by atoms with E-state index in [1.165, 1.54) is 18.3 Å². The highest BCUT2D eigenvalue weighted by atomic mass is 19.1. The van der Waals surface area contributed by atoms with Gasteiger partial charge in [-0.05, 0) is 44.0 Å². The minimum atomic E-state index is -0.415. The Morgan fingerprint density at radius 2 is 2.16 bits per heavy atom. The van der Waals surface area contributed by atoms with Crippen LogP contribution in [0, 0.1) is 18.7 Å². The molecular weight excluding hydrogens is 325 g/mol. The number of amides is 1. The third kappa shape index (κ3) is 4.23. The second kappa shape index (κ2) is 7.46. The van der Waals surface area contributed by atoms with Crippen LogP contribution in [-0.2, 0) is 0 Å². The fourth-order valence-electron chi connectivity index (χ4n) is 2.94. The highest BCUT2D eigenvalue weighted by molar-refractivity contribution is 5.93. The summed E-state index contributed by atoms with van der Waals surface area (Å²) in [6, 6.07) is 5.86. The fraction of sp³-hybridized carbons (Fsp3) is 0.389. The van der Waals surface area contributed by atoms with Crippen LogP contribution in [0.5, 0.6) is 5.75 Å². The Kier molecular flexibility index (Phi) is 5.11. The largest absolute Gasteiger partial charge is 0.493 e. The van der Waals surface area contributed by atoms with Crippen LogP contribution in [0.3, 0.4) is 0 Å². The number of piperidine rings is 1. The quantitative estimate of drug-likeness (QED) is 0.921. The summed E-state index contributed by atoms with van der Waals surface area (Å²) in [6.45, 7) is 3.24. The van der Waals surface area contributed by atoms with Crippen molar-refractivity contribution in [1.82, 2.24) is 14.9 Å². The number of aromatic amines is 1. The molecular formula is C18H20FN3O3. The van der Waals surface area contributed by atoms with Gasteiger partial charge in [-0.2, -0.15) is 0 Å². The average molecular weight is 345 g/mol. The predicted octanol–water partition coefficient (Wildman–Crippen LogP) is 2.15. The SMILES string of the molecule is Cc1ncc(C(=O)N2CCCC(COc3ccc(F)cc3)C2)c(=O)[nH]1. The van der Waals surface area contributed by atoms with Gasteiger partial charge < -0.3 is 14.6 Å². The predicted molar refractivity (Wildman–Crippen MR) is 90.1 cm³/mol. The molecule has 1 unspecified atom stereocenters. The van der Waals surface area contributed by atoms with Gasteiger partial charge in [0.15, 0.2) is 0 Å². The van der Waals surface area contributed by atoms with Gasteiger partial charge in [0.25, 0.3) is 11.5 Å². The number of H-pyrrole nitrogens is 1. The van der Waals surface area contributed by atoms with Crippen LogP contribution in [0.2, 0.25) is 0 Å². The molecule has 0 radical (unpaired) electrons. The molecule has 0 bridgehead atoms. The van der Waals surface area contributed by atoms with Crippen molar-refractivity contribution in [3.05, 3.63) is 58.0 Å². The summed E-state index contributed by atoms with van der Waals surface area (Å²) in [5.41, 5.74) is -0.354. The van der Waals surface area contributed by atoms with E-state index in [4.69, 9.17) is 4.74 Å². The summed E-state index contributed by atoms with van der Waals surface area (Å²) in [7, 11) is 0. The number of carbonyl (C=O) groups is 1. The number of nitrogens with one attached hydrogen (secondary N) is 1. The molecule has 1 atom stereocenters. The minimum Gasteiger partial charge on any atom is -0.493 e.